The first-order valence-electron chi connectivity index (χ1n) is 5.58. The molecule has 0 bridgehead atoms. The minimum absolute atomic E-state index is 0.735. The van der Waals surface area contributed by atoms with Gasteiger partial charge in [-0.05, 0) is 13.3 Å². The summed E-state index contributed by atoms with van der Waals surface area (Å²) in [6.45, 7) is 4.79. The molecule has 0 saturated heterocycles. The zero-order valence-corrected chi connectivity index (χ0v) is 11.1. The van der Waals surface area contributed by atoms with Crippen molar-refractivity contribution in [1.82, 2.24) is 14.8 Å². The van der Waals surface area contributed by atoms with E-state index in [1.54, 1.807) is 16.0 Å². The van der Waals surface area contributed by atoms with Crippen molar-refractivity contribution in [3.63, 3.8) is 0 Å². The molecular weight excluding hydrogens is 234 g/mol. The van der Waals surface area contributed by atoms with Gasteiger partial charge < -0.3 is 11.1 Å². The maximum absolute atomic E-state index is 6.03. The number of aryl methyl sites for hydroxylation is 3. The predicted octanol–water partition coefficient (Wildman–Crippen LogP) is 1.94. The van der Waals surface area contributed by atoms with Gasteiger partial charge in [-0.3, -0.25) is 4.68 Å². The first-order chi connectivity index (χ1) is 8.11. The van der Waals surface area contributed by atoms with Crippen LogP contribution in [0.4, 0.5) is 11.5 Å². The number of aromatic nitrogens is 3. The molecule has 0 fully saturated rings. The molecule has 92 valence electrons. The fourth-order valence-corrected chi connectivity index (χ4v) is 2.46. The number of nitrogens with zero attached hydrogens (tertiary/aromatic N) is 3. The van der Waals surface area contributed by atoms with Crippen molar-refractivity contribution in [2.45, 2.75) is 26.8 Å². The quantitative estimate of drug-likeness (QED) is 0.871. The van der Waals surface area contributed by atoms with Crippen LogP contribution in [0.1, 0.15) is 22.5 Å². The summed E-state index contributed by atoms with van der Waals surface area (Å²) in [6.07, 6.45) is 2.74. The van der Waals surface area contributed by atoms with Crippen molar-refractivity contribution in [1.29, 1.82) is 0 Å². The van der Waals surface area contributed by atoms with Crippen LogP contribution in [0.3, 0.4) is 0 Å². The highest BCUT2D eigenvalue weighted by molar-refractivity contribution is 7.11. The maximum atomic E-state index is 6.03. The Morgan fingerprint density at radius 3 is 2.82 bits per heavy atom. The summed E-state index contributed by atoms with van der Waals surface area (Å²) >= 11 is 1.69. The Hall–Kier alpha value is -1.56. The Labute approximate surface area is 105 Å². The van der Waals surface area contributed by atoms with E-state index in [-0.39, 0.29) is 0 Å². The lowest BCUT2D eigenvalue weighted by Crippen LogP contribution is -2.05. The van der Waals surface area contributed by atoms with Crippen LogP contribution < -0.4 is 11.1 Å². The molecular formula is C11H17N5S. The Bertz CT molecular complexity index is 514. The molecule has 0 amide bonds. The second-order valence-electron chi connectivity index (χ2n) is 3.89. The van der Waals surface area contributed by atoms with Crippen molar-refractivity contribution >= 4 is 22.8 Å². The molecule has 0 spiro atoms. The molecule has 2 aromatic heterocycles. The lowest BCUT2D eigenvalue weighted by atomic mass is 10.3. The second kappa shape index (κ2) is 4.75. The van der Waals surface area contributed by atoms with Gasteiger partial charge in [0, 0.05) is 18.1 Å². The standard InChI is InChI=1S/C11H17N5S/c1-4-9-10(12)11(16(3)15-9)14-6-8-5-13-7(2)17-8/h5,14H,4,6,12H2,1-3H3. The number of hydrogen-bond donors (Lipinski definition) is 2. The summed E-state index contributed by atoms with van der Waals surface area (Å²) in [5, 5.41) is 8.75. The molecule has 5 nitrogen and oxygen atoms in total. The minimum atomic E-state index is 0.735. The topological polar surface area (TPSA) is 68.8 Å². The lowest BCUT2D eigenvalue weighted by molar-refractivity contribution is 0.748. The summed E-state index contributed by atoms with van der Waals surface area (Å²) < 4.78 is 1.79. The number of anilines is 2. The van der Waals surface area contributed by atoms with E-state index < -0.39 is 0 Å². The molecule has 0 atom stereocenters. The SMILES string of the molecule is CCc1nn(C)c(NCc2cnc(C)s2)c1N. The number of hydrogen-bond acceptors (Lipinski definition) is 5. The molecule has 0 saturated carbocycles. The van der Waals surface area contributed by atoms with Crippen molar-refractivity contribution in [3.05, 3.63) is 21.8 Å². The molecule has 0 aliphatic rings. The second-order valence-corrected chi connectivity index (χ2v) is 5.20. The van der Waals surface area contributed by atoms with Gasteiger partial charge in [0.25, 0.3) is 0 Å². The highest BCUT2D eigenvalue weighted by atomic mass is 32.1. The van der Waals surface area contributed by atoms with Gasteiger partial charge in [-0.15, -0.1) is 11.3 Å². The number of rotatable bonds is 4. The van der Waals surface area contributed by atoms with Gasteiger partial charge in [0.15, 0.2) is 0 Å². The fraction of sp³-hybridized carbons (Fsp3) is 0.455. The van der Waals surface area contributed by atoms with Crippen LogP contribution in [0.15, 0.2) is 6.20 Å². The van der Waals surface area contributed by atoms with Gasteiger partial charge in [0.1, 0.15) is 5.82 Å². The van der Waals surface area contributed by atoms with Crippen LogP contribution in [-0.2, 0) is 20.0 Å². The molecule has 2 rings (SSSR count). The van der Waals surface area contributed by atoms with Gasteiger partial charge in [0.2, 0.25) is 0 Å². The highest BCUT2D eigenvalue weighted by Crippen LogP contribution is 2.23. The summed E-state index contributed by atoms with van der Waals surface area (Å²) in [6, 6.07) is 0. The van der Waals surface area contributed by atoms with Gasteiger partial charge in [-0.25, -0.2) is 4.98 Å². The molecule has 0 aromatic carbocycles. The maximum Gasteiger partial charge on any atom is 0.148 e. The Balaban J connectivity index is 2.11. The van der Waals surface area contributed by atoms with Gasteiger partial charge >= 0.3 is 0 Å². The Morgan fingerprint density at radius 1 is 1.53 bits per heavy atom. The van der Waals surface area contributed by atoms with Crippen molar-refractivity contribution < 1.29 is 0 Å². The number of nitrogens with one attached hydrogen (secondary N) is 1. The van der Waals surface area contributed by atoms with Crippen LogP contribution in [0.5, 0.6) is 0 Å². The molecule has 17 heavy (non-hydrogen) atoms. The molecule has 3 N–H and O–H groups in total. The molecule has 0 aliphatic carbocycles. The zero-order valence-electron chi connectivity index (χ0n) is 10.3. The van der Waals surface area contributed by atoms with E-state index in [1.165, 1.54) is 4.88 Å². The van der Waals surface area contributed by atoms with E-state index in [1.807, 2.05) is 20.2 Å². The summed E-state index contributed by atoms with van der Waals surface area (Å²) in [7, 11) is 1.90. The van der Waals surface area contributed by atoms with Crippen molar-refractivity contribution in [3.8, 4) is 0 Å². The first-order valence-corrected chi connectivity index (χ1v) is 6.40. The fourth-order valence-electron chi connectivity index (χ4n) is 1.72. The third-order valence-electron chi connectivity index (χ3n) is 2.59. The van der Waals surface area contributed by atoms with Crippen molar-refractivity contribution in [2.24, 2.45) is 7.05 Å². The molecule has 2 aromatic rings. The van der Waals surface area contributed by atoms with E-state index >= 15 is 0 Å². The average Bonchev–Trinajstić information content (AvgIpc) is 2.82. The largest absolute Gasteiger partial charge is 0.394 e. The van der Waals surface area contributed by atoms with Crippen LogP contribution in [0, 0.1) is 6.92 Å². The van der Waals surface area contributed by atoms with Crippen molar-refractivity contribution in [2.75, 3.05) is 11.1 Å². The number of thiazole rings is 1. The van der Waals surface area contributed by atoms with Gasteiger partial charge in [-0.2, -0.15) is 5.10 Å². The molecule has 0 unspecified atom stereocenters. The molecule has 2 heterocycles. The third-order valence-corrected chi connectivity index (χ3v) is 3.51. The van der Waals surface area contributed by atoms with Crippen LogP contribution in [0.2, 0.25) is 0 Å². The third kappa shape index (κ3) is 2.41. The normalized spacial score (nSPS) is 10.8. The predicted molar refractivity (Wildman–Crippen MR) is 71.2 cm³/mol. The average molecular weight is 251 g/mol. The number of nitrogen functional groups attached to an aromatic ring is 1. The summed E-state index contributed by atoms with van der Waals surface area (Å²) in [4.78, 5) is 5.42. The van der Waals surface area contributed by atoms with E-state index in [4.69, 9.17) is 5.73 Å². The highest BCUT2D eigenvalue weighted by Gasteiger charge is 2.11. The van der Waals surface area contributed by atoms with E-state index in [0.29, 0.717) is 0 Å². The molecule has 0 radical (unpaired) electrons. The lowest BCUT2D eigenvalue weighted by Gasteiger charge is -2.05. The minimum Gasteiger partial charge on any atom is -0.394 e. The van der Waals surface area contributed by atoms with Crippen LogP contribution in [-0.4, -0.2) is 14.8 Å². The smallest absolute Gasteiger partial charge is 0.148 e. The van der Waals surface area contributed by atoms with Crippen LogP contribution >= 0.6 is 11.3 Å². The van der Waals surface area contributed by atoms with Crippen LogP contribution in [0.25, 0.3) is 0 Å². The summed E-state index contributed by atoms with van der Waals surface area (Å²) in [5.41, 5.74) is 7.71. The summed E-state index contributed by atoms with van der Waals surface area (Å²) in [5.74, 6) is 0.882. The Kier molecular flexibility index (Phi) is 3.33. The zero-order chi connectivity index (χ0) is 12.4. The van der Waals surface area contributed by atoms with E-state index in [2.05, 4.69) is 22.3 Å². The molecule has 6 heteroatoms. The van der Waals surface area contributed by atoms with Gasteiger partial charge in [-0.1, -0.05) is 6.92 Å². The number of nitrogens with two attached hydrogens (primary N) is 1. The van der Waals surface area contributed by atoms with Gasteiger partial charge in [0.05, 0.1) is 22.9 Å². The Morgan fingerprint density at radius 2 is 2.29 bits per heavy atom. The van der Waals surface area contributed by atoms with E-state index in [9.17, 15) is 0 Å². The molecule has 0 aliphatic heterocycles. The monoisotopic (exact) mass is 251 g/mol. The van der Waals surface area contributed by atoms with E-state index in [0.717, 1.165) is 35.2 Å². The first kappa shape index (κ1) is 11.9.